The molecule has 1 aliphatic heterocycles. The van der Waals surface area contributed by atoms with Crippen LogP contribution in [-0.4, -0.2) is 28.1 Å². The highest BCUT2D eigenvalue weighted by molar-refractivity contribution is 9.10. The molecule has 2 heterocycles. The maximum absolute atomic E-state index is 14.7. The fourth-order valence-corrected chi connectivity index (χ4v) is 4.03. The Morgan fingerprint density at radius 3 is 2.58 bits per heavy atom. The van der Waals surface area contributed by atoms with Crippen LogP contribution < -0.4 is 9.67 Å². The highest BCUT2D eigenvalue weighted by Crippen LogP contribution is 2.39. The number of imidazole rings is 1. The quantitative estimate of drug-likeness (QED) is 0.253. The largest absolute Gasteiger partial charge is 0.872 e. The van der Waals surface area contributed by atoms with Crippen molar-refractivity contribution < 1.29 is 23.7 Å². The van der Waals surface area contributed by atoms with Crippen LogP contribution in [0.25, 0.3) is 5.76 Å². The molecule has 1 unspecified atom stereocenters. The fraction of sp³-hybridized carbons (Fsp3) is 0.174. The molecule has 6 nitrogen and oxygen atoms in total. The summed E-state index contributed by atoms with van der Waals surface area (Å²) < 4.78 is 17.4. The minimum atomic E-state index is -1.06. The molecule has 0 radical (unpaired) electrons. The molecule has 1 amide bonds. The van der Waals surface area contributed by atoms with Crippen LogP contribution in [0.5, 0.6) is 0 Å². The Balaban J connectivity index is 1.75. The van der Waals surface area contributed by atoms with Crippen LogP contribution in [0, 0.1) is 5.82 Å². The second kappa shape index (κ2) is 8.85. The van der Waals surface area contributed by atoms with Gasteiger partial charge in [-0.25, -0.2) is 8.96 Å². The molecule has 8 heteroatoms. The number of hydrogen-bond acceptors (Lipinski definition) is 3. The summed E-state index contributed by atoms with van der Waals surface area (Å²) in [5.41, 5.74) is 0.189. The van der Waals surface area contributed by atoms with Gasteiger partial charge in [-0.2, -0.15) is 0 Å². The number of H-pyrrole nitrogens is 1. The molecular weight excluding hydrogens is 465 g/mol. The number of ketones is 1. The number of carbonyl (C=O) groups excluding carboxylic acids is 2. The van der Waals surface area contributed by atoms with Crippen LogP contribution in [0.15, 0.2) is 77.3 Å². The van der Waals surface area contributed by atoms with E-state index in [4.69, 9.17) is 0 Å². The third-order valence-corrected chi connectivity index (χ3v) is 5.78. The monoisotopic (exact) mass is 483 g/mol. The number of amides is 1. The van der Waals surface area contributed by atoms with Crippen molar-refractivity contribution in [1.82, 2.24) is 9.88 Å². The summed E-state index contributed by atoms with van der Waals surface area (Å²) in [6.45, 7) is 0.806. The average Bonchev–Trinajstić information content (AvgIpc) is 3.36. The van der Waals surface area contributed by atoms with Crippen molar-refractivity contribution in [3.05, 3.63) is 94.2 Å². The van der Waals surface area contributed by atoms with E-state index in [0.29, 0.717) is 13.0 Å². The molecule has 158 valence electrons. The first-order valence-electron chi connectivity index (χ1n) is 9.76. The third kappa shape index (κ3) is 4.16. The predicted octanol–water partition coefficient (Wildman–Crippen LogP) is 2.52. The zero-order chi connectivity index (χ0) is 22.0. The molecule has 0 bridgehead atoms. The number of aromatic nitrogens is 2. The molecule has 1 aromatic heterocycles. The molecule has 4 rings (SSSR count). The van der Waals surface area contributed by atoms with Crippen molar-refractivity contribution in [3.8, 4) is 0 Å². The van der Waals surface area contributed by atoms with E-state index in [1.807, 2.05) is 10.8 Å². The second-order valence-corrected chi connectivity index (χ2v) is 8.12. The van der Waals surface area contributed by atoms with Gasteiger partial charge in [0.05, 0.1) is 12.6 Å². The van der Waals surface area contributed by atoms with Crippen LogP contribution in [0.4, 0.5) is 4.39 Å². The summed E-state index contributed by atoms with van der Waals surface area (Å²) >= 11 is 3.31. The molecule has 0 spiro atoms. The number of aryl methyl sites for hydroxylation is 1. The number of likely N-dealkylation sites (tertiary alicyclic amines) is 1. The molecule has 3 aromatic rings. The van der Waals surface area contributed by atoms with Gasteiger partial charge in [-0.05, 0) is 23.8 Å². The van der Waals surface area contributed by atoms with E-state index >= 15 is 0 Å². The summed E-state index contributed by atoms with van der Waals surface area (Å²) in [7, 11) is 0. The number of nitrogens with zero attached hydrogens (tertiary/aromatic N) is 2. The van der Waals surface area contributed by atoms with Gasteiger partial charge in [-0.15, -0.1) is 0 Å². The van der Waals surface area contributed by atoms with E-state index in [1.165, 1.54) is 23.1 Å². The molecule has 1 aliphatic rings. The summed E-state index contributed by atoms with van der Waals surface area (Å²) in [6.07, 6.45) is 5.93. The Morgan fingerprint density at radius 2 is 1.90 bits per heavy atom. The van der Waals surface area contributed by atoms with Crippen molar-refractivity contribution in [2.45, 2.75) is 19.0 Å². The predicted molar refractivity (Wildman–Crippen MR) is 113 cm³/mol. The van der Waals surface area contributed by atoms with Crippen molar-refractivity contribution in [2.24, 2.45) is 0 Å². The zero-order valence-corrected chi connectivity index (χ0v) is 18.0. The van der Waals surface area contributed by atoms with Crippen molar-refractivity contribution in [1.29, 1.82) is 0 Å². The topological polar surface area (TPSA) is 80.1 Å². The lowest BCUT2D eigenvalue weighted by atomic mass is 9.95. The Bertz CT molecular complexity index is 1140. The molecule has 0 saturated carbocycles. The Hall–Kier alpha value is -3.26. The number of rotatable bonds is 6. The van der Waals surface area contributed by atoms with Crippen molar-refractivity contribution >= 4 is 33.4 Å². The van der Waals surface area contributed by atoms with Crippen LogP contribution in [0.2, 0.25) is 0 Å². The first-order valence-corrected chi connectivity index (χ1v) is 10.6. The van der Waals surface area contributed by atoms with Gasteiger partial charge >= 0.3 is 0 Å². The number of nitrogens with one attached hydrogen (secondary N) is 1. The summed E-state index contributed by atoms with van der Waals surface area (Å²) in [4.78, 5) is 30.0. The first-order chi connectivity index (χ1) is 15.0. The maximum atomic E-state index is 14.7. The van der Waals surface area contributed by atoms with E-state index in [-0.39, 0.29) is 23.2 Å². The van der Waals surface area contributed by atoms with Crippen molar-refractivity contribution in [3.63, 3.8) is 0 Å². The molecule has 31 heavy (non-hydrogen) atoms. The highest BCUT2D eigenvalue weighted by atomic mass is 79.9. The normalized spacial score (nSPS) is 18.0. The number of carbonyl (C=O) groups is 2. The molecule has 0 aliphatic carbocycles. The summed E-state index contributed by atoms with van der Waals surface area (Å²) in [5, 5.41) is 13.2. The molecule has 1 saturated heterocycles. The number of hydrogen-bond donors (Lipinski definition) is 1. The van der Waals surface area contributed by atoms with Gasteiger partial charge in [-0.3, -0.25) is 14.6 Å². The number of halogens is 2. The van der Waals surface area contributed by atoms with E-state index in [9.17, 15) is 19.1 Å². The summed E-state index contributed by atoms with van der Waals surface area (Å²) in [6, 6.07) is 11.4. The van der Waals surface area contributed by atoms with E-state index in [1.54, 1.807) is 42.9 Å². The minimum absolute atomic E-state index is 0.136. The smallest absolute Gasteiger partial charge is 0.295 e. The Kier molecular flexibility index (Phi) is 5.99. The lowest BCUT2D eigenvalue weighted by Crippen LogP contribution is -2.36. The van der Waals surface area contributed by atoms with Gasteiger partial charge < -0.3 is 10.0 Å². The van der Waals surface area contributed by atoms with Gasteiger partial charge in [0.25, 0.3) is 5.91 Å². The number of aromatic amines is 1. The number of benzene rings is 2. The van der Waals surface area contributed by atoms with Crippen LogP contribution in [-0.2, 0) is 16.1 Å². The molecule has 1 atom stereocenters. The lowest BCUT2D eigenvalue weighted by Gasteiger charge is -2.27. The van der Waals surface area contributed by atoms with Crippen LogP contribution in [0.3, 0.4) is 0 Å². The molecule has 1 N–H and O–H groups in total. The first kappa shape index (κ1) is 21.0. The van der Waals surface area contributed by atoms with Gasteiger partial charge in [0.2, 0.25) is 12.1 Å². The van der Waals surface area contributed by atoms with E-state index in [2.05, 4.69) is 20.9 Å². The SMILES string of the molecule is O=C1C(=O)N(CCC[n+]2cc[nH]c2)C(c2ccccc2F)C1=C([O-])c1ccc(Br)cc1. The Morgan fingerprint density at radius 1 is 1.16 bits per heavy atom. The van der Waals surface area contributed by atoms with Gasteiger partial charge in [0.15, 0.2) is 0 Å². The van der Waals surface area contributed by atoms with Gasteiger partial charge in [-0.1, -0.05) is 52.0 Å². The third-order valence-electron chi connectivity index (χ3n) is 5.25. The second-order valence-electron chi connectivity index (χ2n) is 7.20. The van der Waals surface area contributed by atoms with Gasteiger partial charge in [0, 0.05) is 28.6 Å². The highest BCUT2D eigenvalue weighted by Gasteiger charge is 2.44. The molecular formula is C23H19BrFN3O3. The summed E-state index contributed by atoms with van der Waals surface area (Å²) in [5.74, 6) is -2.80. The maximum Gasteiger partial charge on any atom is 0.295 e. The lowest BCUT2D eigenvalue weighted by molar-refractivity contribution is -0.695. The zero-order valence-electron chi connectivity index (χ0n) is 16.4. The average molecular weight is 484 g/mol. The number of Topliss-reactive ketones (excluding diaryl/α,β-unsaturated/α-hetero) is 1. The van der Waals surface area contributed by atoms with Crippen LogP contribution in [0.1, 0.15) is 23.6 Å². The van der Waals surface area contributed by atoms with Crippen LogP contribution >= 0.6 is 15.9 Å². The van der Waals surface area contributed by atoms with E-state index < -0.39 is 29.3 Å². The molecule has 2 aromatic carbocycles. The standard InChI is InChI=1S/C23H19BrFN3O3/c24-16-8-6-15(7-9-16)21(29)19-20(17-4-1-2-5-18(17)25)28(23(31)22(19)30)12-3-11-27-13-10-26-14-27/h1-2,4-10,13-14,20H,3,11-12H2,(H,29,30). The minimum Gasteiger partial charge on any atom is -0.872 e. The Labute approximate surface area is 186 Å². The van der Waals surface area contributed by atoms with E-state index in [0.717, 1.165) is 4.47 Å². The molecule has 1 fully saturated rings. The fourth-order valence-electron chi connectivity index (χ4n) is 3.76. The van der Waals surface area contributed by atoms with Gasteiger partial charge in [0.1, 0.15) is 18.2 Å². The van der Waals surface area contributed by atoms with Crippen molar-refractivity contribution in [2.75, 3.05) is 6.54 Å².